The van der Waals surface area contributed by atoms with E-state index in [4.69, 9.17) is 25.8 Å². The number of halogens is 1. The van der Waals surface area contributed by atoms with E-state index >= 15 is 0 Å². The van der Waals surface area contributed by atoms with Gasteiger partial charge in [0.15, 0.2) is 0 Å². The van der Waals surface area contributed by atoms with Crippen LogP contribution in [0.25, 0.3) is 10.9 Å². The molecular weight excluding hydrogens is 522 g/mol. The van der Waals surface area contributed by atoms with Gasteiger partial charge < -0.3 is 14.2 Å². The SMILES string of the molecule is CCOC(=O)CN(Cc1ccc(OCCn2c(C)nc3ccccc3c2=O)cc1)C(=O)Oc1ccc(Cl)cc1. The number of hydrogen-bond acceptors (Lipinski definition) is 7. The van der Waals surface area contributed by atoms with E-state index in [-0.39, 0.29) is 31.9 Å². The van der Waals surface area contributed by atoms with Crippen LogP contribution in [0.1, 0.15) is 18.3 Å². The Kier molecular flexibility index (Phi) is 9.17. The Bertz CT molecular complexity index is 1500. The molecule has 0 aliphatic carbocycles. The molecule has 0 spiro atoms. The summed E-state index contributed by atoms with van der Waals surface area (Å²) in [5, 5.41) is 1.08. The molecule has 202 valence electrons. The van der Waals surface area contributed by atoms with E-state index in [1.165, 1.54) is 4.90 Å². The van der Waals surface area contributed by atoms with Crippen LogP contribution < -0.4 is 15.0 Å². The smallest absolute Gasteiger partial charge is 0.416 e. The van der Waals surface area contributed by atoms with Gasteiger partial charge in [0.05, 0.1) is 24.1 Å². The maximum atomic E-state index is 12.8. The van der Waals surface area contributed by atoms with E-state index in [2.05, 4.69) is 4.98 Å². The fourth-order valence-electron chi connectivity index (χ4n) is 3.92. The van der Waals surface area contributed by atoms with E-state index in [0.717, 1.165) is 5.56 Å². The molecule has 0 aliphatic rings. The number of benzene rings is 3. The molecule has 0 saturated heterocycles. The Balaban J connectivity index is 1.38. The lowest BCUT2D eigenvalue weighted by Gasteiger charge is -2.21. The Morgan fingerprint density at radius 3 is 2.38 bits per heavy atom. The number of amides is 1. The summed E-state index contributed by atoms with van der Waals surface area (Å²) in [7, 11) is 0. The minimum Gasteiger partial charge on any atom is -0.492 e. The van der Waals surface area contributed by atoms with Crippen LogP contribution in [0, 0.1) is 6.92 Å². The molecule has 0 unspecified atom stereocenters. The fraction of sp³-hybridized carbons (Fsp3) is 0.241. The lowest BCUT2D eigenvalue weighted by Crippen LogP contribution is -2.38. The van der Waals surface area contributed by atoms with Crippen molar-refractivity contribution in [1.29, 1.82) is 0 Å². The molecule has 1 aromatic heterocycles. The molecule has 4 rings (SSSR count). The first kappa shape index (κ1) is 27.7. The molecule has 0 N–H and O–H groups in total. The van der Waals surface area contributed by atoms with Crippen LogP contribution in [0.15, 0.2) is 77.6 Å². The summed E-state index contributed by atoms with van der Waals surface area (Å²) in [5.74, 6) is 0.973. The van der Waals surface area contributed by atoms with Gasteiger partial charge >= 0.3 is 12.1 Å². The highest BCUT2D eigenvalue weighted by Crippen LogP contribution is 2.18. The molecular formula is C29H28ClN3O6. The minimum absolute atomic E-state index is 0.107. The van der Waals surface area contributed by atoms with Crippen LogP contribution in [0.4, 0.5) is 4.79 Å². The Morgan fingerprint density at radius 1 is 0.974 bits per heavy atom. The summed E-state index contributed by atoms with van der Waals surface area (Å²) in [4.78, 5) is 43.5. The average Bonchev–Trinajstić information content (AvgIpc) is 2.92. The first-order valence-electron chi connectivity index (χ1n) is 12.4. The summed E-state index contributed by atoms with van der Waals surface area (Å²) in [6.07, 6.45) is -0.699. The van der Waals surface area contributed by atoms with Gasteiger partial charge in [-0.25, -0.2) is 9.78 Å². The summed E-state index contributed by atoms with van der Waals surface area (Å²) >= 11 is 5.89. The van der Waals surface area contributed by atoms with Crippen molar-refractivity contribution >= 4 is 34.6 Å². The number of para-hydroxylation sites is 1. The van der Waals surface area contributed by atoms with Crippen molar-refractivity contribution in [3.63, 3.8) is 0 Å². The van der Waals surface area contributed by atoms with E-state index < -0.39 is 12.1 Å². The second-order valence-corrected chi connectivity index (χ2v) is 9.04. The number of rotatable bonds is 10. The van der Waals surface area contributed by atoms with Crippen LogP contribution in [0.2, 0.25) is 5.02 Å². The molecule has 4 aromatic rings. The quantitative estimate of drug-likeness (QED) is 0.257. The third-order valence-electron chi connectivity index (χ3n) is 5.84. The molecule has 1 heterocycles. The van der Waals surface area contributed by atoms with Gasteiger partial charge in [-0.1, -0.05) is 35.9 Å². The van der Waals surface area contributed by atoms with Gasteiger partial charge in [0.1, 0.15) is 30.5 Å². The van der Waals surface area contributed by atoms with Gasteiger partial charge in [0, 0.05) is 11.6 Å². The van der Waals surface area contributed by atoms with Crippen LogP contribution in [0.5, 0.6) is 11.5 Å². The second-order valence-electron chi connectivity index (χ2n) is 8.61. The predicted octanol–water partition coefficient (Wildman–Crippen LogP) is 5.00. The molecule has 0 saturated carbocycles. The number of hydrogen-bond donors (Lipinski definition) is 0. The third kappa shape index (κ3) is 7.36. The number of esters is 1. The van der Waals surface area contributed by atoms with Crippen LogP contribution in [0.3, 0.4) is 0 Å². The number of nitrogens with zero attached hydrogens (tertiary/aromatic N) is 3. The first-order chi connectivity index (χ1) is 18.8. The normalized spacial score (nSPS) is 10.7. The van der Waals surface area contributed by atoms with Crippen LogP contribution in [-0.2, 0) is 22.6 Å². The van der Waals surface area contributed by atoms with E-state index in [1.54, 1.807) is 73.0 Å². The Labute approximate surface area is 230 Å². The molecule has 10 heteroatoms. The monoisotopic (exact) mass is 549 g/mol. The van der Waals surface area contributed by atoms with Crippen molar-refractivity contribution in [2.45, 2.75) is 26.9 Å². The molecule has 1 amide bonds. The fourth-order valence-corrected chi connectivity index (χ4v) is 4.05. The van der Waals surface area contributed by atoms with Gasteiger partial charge in [-0.3, -0.25) is 19.1 Å². The van der Waals surface area contributed by atoms with E-state index in [0.29, 0.717) is 39.8 Å². The number of aryl methyl sites for hydroxylation is 1. The number of fused-ring (bicyclic) bond motifs is 1. The number of ether oxygens (including phenoxy) is 3. The van der Waals surface area contributed by atoms with Crippen molar-refractivity contribution in [2.24, 2.45) is 0 Å². The highest BCUT2D eigenvalue weighted by molar-refractivity contribution is 6.30. The van der Waals surface area contributed by atoms with Crippen molar-refractivity contribution < 1.29 is 23.8 Å². The molecule has 39 heavy (non-hydrogen) atoms. The van der Waals surface area contributed by atoms with Gasteiger partial charge in [-0.05, 0) is 67.9 Å². The number of carbonyl (C=O) groups excluding carboxylic acids is 2. The highest BCUT2D eigenvalue weighted by atomic mass is 35.5. The van der Waals surface area contributed by atoms with Gasteiger partial charge in [0.25, 0.3) is 5.56 Å². The second kappa shape index (κ2) is 12.9. The predicted molar refractivity (Wildman–Crippen MR) is 147 cm³/mol. The highest BCUT2D eigenvalue weighted by Gasteiger charge is 2.21. The summed E-state index contributed by atoms with van der Waals surface area (Å²) in [6, 6.07) is 20.7. The first-order valence-corrected chi connectivity index (χ1v) is 12.8. The molecule has 0 radical (unpaired) electrons. The van der Waals surface area contributed by atoms with Crippen molar-refractivity contribution in [3.05, 3.63) is 99.6 Å². The van der Waals surface area contributed by atoms with Crippen molar-refractivity contribution in [1.82, 2.24) is 14.5 Å². The maximum absolute atomic E-state index is 12.8. The standard InChI is InChI=1S/C29H28ClN3O6/c1-3-37-27(34)19-32(29(36)39-24-14-10-22(30)11-15-24)18-21-8-12-23(13-9-21)38-17-16-33-20(2)31-26-7-5-4-6-25(26)28(33)35/h4-15H,3,16-19H2,1-2H3. The van der Waals surface area contributed by atoms with Crippen LogP contribution in [-0.4, -0.2) is 46.3 Å². The zero-order valence-electron chi connectivity index (χ0n) is 21.6. The summed E-state index contributed by atoms with van der Waals surface area (Å²) < 4.78 is 17.9. The average molecular weight is 550 g/mol. The third-order valence-corrected chi connectivity index (χ3v) is 6.09. The summed E-state index contributed by atoms with van der Waals surface area (Å²) in [6.45, 7) is 4.14. The topological polar surface area (TPSA) is 100.0 Å². The van der Waals surface area contributed by atoms with Crippen LogP contribution >= 0.6 is 11.6 Å². The Morgan fingerprint density at radius 2 is 1.67 bits per heavy atom. The van der Waals surface area contributed by atoms with Crippen molar-refractivity contribution in [3.8, 4) is 11.5 Å². The lowest BCUT2D eigenvalue weighted by molar-refractivity contribution is -0.144. The zero-order chi connectivity index (χ0) is 27.8. The van der Waals surface area contributed by atoms with Gasteiger partial charge in [-0.2, -0.15) is 0 Å². The molecule has 0 fully saturated rings. The van der Waals surface area contributed by atoms with Gasteiger partial charge in [-0.15, -0.1) is 0 Å². The molecule has 0 aliphatic heterocycles. The zero-order valence-corrected chi connectivity index (χ0v) is 22.4. The van der Waals surface area contributed by atoms with E-state index in [9.17, 15) is 14.4 Å². The Hall–Kier alpha value is -4.37. The molecule has 9 nitrogen and oxygen atoms in total. The number of carbonyl (C=O) groups is 2. The lowest BCUT2D eigenvalue weighted by atomic mass is 10.2. The minimum atomic E-state index is -0.699. The molecule has 0 atom stereocenters. The van der Waals surface area contributed by atoms with Crippen molar-refractivity contribution in [2.75, 3.05) is 19.8 Å². The largest absolute Gasteiger partial charge is 0.492 e. The number of aromatic nitrogens is 2. The molecule has 0 bridgehead atoms. The van der Waals surface area contributed by atoms with Gasteiger partial charge in [0.2, 0.25) is 0 Å². The summed E-state index contributed by atoms with van der Waals surface area (Å²) in [5.41, 5.74) is 1.32. The maximum Gasteiger partial charge on any atom is 0.416 e. The molecule has 3 aromatic carbocycles. The van der Waals surface area contributed by atoms with E-state index in [1.807, 2.05) is 18.2 Å².